The Bertz CT molecular complexity index is 1180. The monoisotopic (exact) mass is 458 g/mol. The number of benzene rings is 3. The fourth-order valence-corrected chi connectivity index (χ4v) is 4.49. The molecule has 4 rings (SSSR count). The molecule has 3 aromatic rings. The van der Waals surface area contributed by atoms with Crippen molar-refractivity contribution in [2.24, 2.45) is 0 Å². The molecule has 0 amide bonds. The van der Waals surface area contributed by atoms with Crippen LogP contribution in [0.25, 0.3) is 11.3 Å². The summed E-state index contributed by atoms with van der Waals surface area (Å²) in [6, 6.07) is 30.0. The lowest BCUT2D eigenvalue weighted by Crippen LogP contribution is -2.18. The highest BCUT2D eigenvalue weighted by Crippen LogP contribution is 2.26. The van der Waals surface area contributed by atoms with E-state index in [0.29, 0.717) is 0 Å². The van der Waals surface area contributed by atoms with Gasteiger partial charge in [-0.1, -0.05) is 103 Å². The van der Waals surface area contributed by atoms with Gasteiger partial charge < -0.3 is 4.90 Å². The van der Waals surface area contributed by atoms with E-state index in [4.69, 9.17) is 0 Å². The molecule has 0 N–H and O–H groups in total. The average molecular weight is 459 g/mol. The van der Waals surface area contributed by atoms with Crippen LogP contribution in [0.5, 0.6) is 0 Å². The Morgan fingerprint density at radius 2 is 1.46 bits per heavy atom. The van der Waals surface area contributed by atoms with Crippen LogP contribution in [0.1, 0.15) is 41.5 Å². The number of aryl methyl sites for hydroxylation is 1. The van der Waals surface area contributed by atoms with Crippen LogP contribution >= 0.6 is 0 Å². The maximum atomic E-state index is 4.49. The molecule has 0 saturated carbocycles. The smallest absolute Gasteiger partial charge is 0.0443 e. The van der Waals surface area contributed by atoms with Crippen molar-refractivity contribution in [3.05, 3.63) is 138 Å². The van der Waals surface area contributed by atoms with Gasteiger partial charge in [-0.15, -0.1) is 12.3 Å². The van der Waals surface area contributed by atoms with Crippen molar-refractivity contribution < 1.29 is 0 Å². The van der Waals surface area contributed by atoms with Crippen molar-refractivity contribution in [1.29, 1.82) is 0 Å². The molecule has 177 valence electrons. The summed E-state index contributed by atoms with van der Waals surface area (Å²) in [6.07, 6.45) is 15.0. The van der Waals surface area contributed by atoms with Gasteiger partial charge in [-0.2, -0.15) is 0 Å². The lowest BCUT2D eigenvalue weighted by molar-refractivity contribution is 0.487. The molecule has 0 heterocycles. The number of hydrogen-bond donors (Lipinski definition) is 0. The summed E-state index contributed by atoms with van der Waals surface area (Å²) in [5.74, 6) is 2.00. The highest BCUT2D eigenvalue weighted by Gasteiger charge is 2.12. The predicted molar refractivity (Wildman–Crippen MR) is 152 cm³/mol. The van der Waals surface area contributed by atoms with Crippen molar-refractivity contribution in [1.82, 2.24) is 4.90 Å². The molecule has 1 aliphatic rings. The molecule has 0 fully saturated rings. The van der Waals surface area contributed by atoms with Gasteiger partial charge >= 0.3 is 0 Å². The van der Waals surface area contributed by atoms with Crippen LogP contribution in [-0.4, -0.2) is 18.5 Å². The minimum atomic E-state index is 0.980. The maximum absolute atomic E-state index is 4.49. The van der Waals surface area contributed by atoms with Crippen LogP contribution < -0.4 is 0 Å². The van der Waals surface area contributed by atoms with Crippen LogP contribution in [0.3, 0.4) is 0 Å². The first kappa shape index (κ1) is 25.9. The molecule has 1 heteroatoms. The molecule has 1 radical (unpaired) electrons. The van der Waals surface area contributed by atoms with Crippen molar-refractivity contribution in [2.45, 2.75) is 32.1 Å². The summed E-state index contributed by atoms with van der Waals surface area (Å²) in [5.41, 5.74) is 9.26. The van der Waals surface area contributed by atoms with Crippen LogP contribution in [0.2, 0.25) is 0 Å². The van der Waals surface area contributed by atoms with E-state index in [1.54, 1.807) is 5.57 Å². The molecule has 0 saturated heterocycles. The molecule has 0 spiro atoms. The molecule has 1 aliphatic carbocycles. The van der Waals surface area contributed by atoms with Gasteiger partial charge in [0.1, 0.15) is 0 Å². The van der Waals surface area contributed by atoms with Crippen molar-refractivity contribution >= 4 is 11.3 Å². The van der Waals surface area contributed by atoms with E-state index in [1.807, 2.05) is 12.0 Å². The summed E-state index contributed by atoms with van der Waals surface area (Å²) in [4.78, 5) is 2.37. The Balaban J connectivity index is 0.00000108. The molecule has 3 aromatic carbocycles. The van der Waals surface area contributed by atoms with E-state index in [0.717, 1.165) is 30.5 Å². The highest BCUT2D eigenvalue weighted by atomic mass is 15.1. The summed E-state index contributed by atoms with van der Waals surface area (Å²) >= 11 is 0. The van der Waals surface area contributed by atoms with Gasteiger partial charge in [0.25, 0.3) is 0 Å². The zero-order valence-corrected chi connectivity index (χ0v) is 20.9. The zero-order chi connectivity index (χ0) is 24.9. The number of hydrogen-bond acceptors (Lipinski definition) is 1. The minimum Gasteiger partial charge on any atom is -0.374 e. The molecule has 0 aromatic heterocycles. The summed E-state index contributed by atoms with van der Waals surface area (Å²) in [7, 11) is 2.19. The van der Waals surface area contributed by atoms with Gasteiger partial charge in [0, 0.05) is 26.2 Å². The van der Waals surface area contributed by atoms with Gasteiger partial charge in [-0.05, 0) is 66.0 Å². The van der Waals surface area contributed by atoms with Crippen molar-refractivity contribution in [2.75, 3.05) is 13.6 Å². The van der Waals surface area contributed by atoms with E-state index in [1.165, 1.54) is 41.6 Å². The first-order valence-electron chi connectivity index (χ1n) is 12.3. The SMILES string of the molecule is C#C[CH2].C=C(/C=C(/c1ccccc1)N(C)CC/C=C1/CCCc2ccccc2C1)c1ccccc1. The Morgan fingerprint density at radius 1 is 0.886 bits per heavy atom. The molecule has 0 unspecified atom stereocenters. The minimum absolute atomic E-state index is 0.980. The van der Waals surface area contributed by atoms with E-state index >= 15 is 0 Å². The Morgan fingerprint density at radius 3 is 2.11 bits per heavy atom. The maximum Gasteiger partial charge on any atom is 0.0443 e. The third-order valence-corrected chi connectivity index (χ3v) is 6.31. The Kier molecular flexibility index (Phi) is 10.2. The molecular weight excluding hydrogens is 422 g/mol. The van der Waals surface area contributed by atoms with Crippen LogP contribution in [0.15, 0.2) is 109 Å². The summed E-state index contributed by atoms with van der Waals surface area (Å²) < 4.78 is 0. The van der Waals surface area contributed by atoms with Gasteiger partial charge in [-0.3, -0.25) is 0 Å². The van der Waals surface area contributed by atoms with Crippen molar-refractivity contribution in [3.63, 3.8) is 0 Å². The largest absolute Gasteiger partial charge is 0.374 e. The second-order valence-electron chi connectivity index (χ2n) is 8.86. The first-order chi connectivity index (χ1) is 17.1. The zero-order valence-electron chi connectivity index (χ0n) is 20.9. The molecule has 35 heavy (non-hydrogen) atoms. The molecule has 1 nitrogen and oxygen atoms in total. The fourth-order valence-electron chi connectivity index (χ4n) is 4.49. The van der Waals surface area contributed by atoms with Gasteiger partial charge in [-0.25, -0.2) is 0 Å². The predicted octanol–water partition coefficient (Wildman–Crippen LogP) is 8.02. The van der Waals surface area contributed by atoms with Gasteiger partial charge in [0.2, 0.25) is 0 Å². The second-order valence-corrected chi connectivity index (χ2v) is 8.86. The lowest BCUT2D eigenvalue weighted by Gasteiger charge is -2.23. The standard InChI is InChI=1S/C31H33N.C3H3/c1-25(27-15-5-3-6-16-27)23-31(29-18-7-4-8-19-29)32(2)22-12-14-26-13-11-21-28-17-9-10-20-30(28)24-26;1-3-2/h3-10,14-20,23H,1,11-13,21-22,24H2,2H3;1H,2H2/b26-14-,31-23-;. The van der Waals surface area contributed by atoms with E-state index in [2.05, 4.69) is 123 Å². The molecule has 0 bridgehead atoms. The summed E-state index contributed by atoms with van der Waals surface area (Å²) in [6.45, 7) is 8.34. The average Bonchev–Trinajstić information content (AvgIpc) is 3.10. The lowest BCUT2D eigenvalue weighted by atomic mass is 10.0. The van der Waals surface area contributed by atoms with Crippen LogP contribution in [0, 0.1) is 19.3 Å². The third kappa shape index (κ3) is 7.90. The Labute approximate surface area is 212 Å². The molecular formula is C34H36N. The number of fused-ring (bicyclic) bond motifs is 1. The van der Waals surface area contributed by atoms with Gasteiger partial charge in [0.15, 0.2) is 0 Å². The number of allylic oxidation sites excluding steroid dienone is 3. The number of terminal acetylenes is 1. The number of nitrogens with zero attached hydrogens (tertiary/aromatic N) is 1. The van der Waals surface area contributed by atoms with Crippen LogP contribution in [-0.2, 0) is 12.8 Å². The summed E-state index contributed by atoms with van der Waals surface area (Å²) in [5, 5.41) is 0. The molecule has 0 atom stereocenters. The Hall–Kier alpha value is -3.76. The highest BCUT2D eigenvalue weighted by molar-refractivity contribution is 5.82. The van der Waals surface area contributed by atoms with E-state index in [-0.39, 0.29) is 0 Å². The van der Waals surface area contributed by atoms with Crippen molar-refractivity contribution in [3.8, 4) is 12.3 Å². The fraction of sp³-hybridized carbons (Fsp3) is 0.206. The normalized spacial score (nSPS) is 14.1. The van der Waals surface area contributed by atoms with Gasteiger partial charge in [0.05, 0.1) is 0 Å². The van der Waals surface area contributed by atoms with E-state index in [9.17, 15) is 0 Å². The van der Waals surface area contributed by atoms with E-state index < -0.39 is 0 Å². The second kappa shape index (κ2) is 13.8. The topological polar surface area (TPSA) is 3.24 Å². The number of rotatable bonds is 7. The molecule has 0 aliphatic heterocycles. The quantitative estimate of drug-likeness (QED) is 0.150. The van der Waals surface area contributed by atoms with Crippen LogP contribution in [0.4, 0.5) is 0 Å². The first-order valence-corrected chi connectivity index (χ1v) is 12.3. The third-order valence-electron chi connectivity index (χ3n) is 6.31.